The molecule has 2 saturated carbocycles. The van der Waals surface area contributed by atoms with E-state index in [4.69, 9.17) is 9.47 Å². The molecule has 244 valence electrons. The van der Waals surface area contributed by atoms with Crippen LogP contribution in [0.2, 0.25) is 0 Å². The highest BCUT2D eigenvalue weighted by Crippen LogP contribution is 2.38. The Balaban J connectivity index is 1.73. The molecule has 2 aromatic rings. The molecule has 0 N–H and O–H groups in total. The van der Waals surface area contributed by atoms with Crippen molar-refractivity contribution in [3.05, 3.63) is 80.6 Å². The van der Waals surface area contributed by atoms with Crippen molar-refractivity contribution in [1.82, 2.24) is 0 Å². The number of Topliss-reactive ketones (excluding diaryl/α,β-unsaturated/α-hetero) is 2. The molecule has 3 aliphatic carbocycles. The topological polar surface area (TPSA) is 155 Å². The molecular formula is C34H36O10S2. The highest BCUT2D eigenvalue weighted by Gasteiger charge is 2.51. The molecule has 0 saturated heterocycles. The van der Waals surface area contributed by atoms with Gasteiger partial charge in [0, 0.05) is 0 Å². The standard InChI is InChI=1S/C34H36O10S2/c1-21-13-17-25(18-14-21)45(39,40)31-27(33(37)43-23-9-5-3-6-10-23)30(36)32(46(41,42)26-19-15-22(2)16-20-26)28(29(31)35)34(38)44-24-11-7-4-8-12-24/h13-20,23-24H,3-12H2,1-2H3. The molecule has 0 spiro atoms. The van der Waals surface area contributed by atoms with Crippen molar-refractivity contribution < 1.29 is 45.5 Å². The quantitative estimate of drug-likeness (QED) is 0.214. The Morgan fingerprint density at radius 3 is 1.15 bits per heavy atom. The number of allylic oxidation sites excluding steroid dienone is 2. The van der Waals surface area contributed by atoms with Gasteiger partial charge in [-0.2, -0.15) is 0 Å². The number of carbonyl (C=O) groups is 4. The van der Waals surface area contributed by atoms with Gasteiger partial charge in [-0.25, -0.2) is 26.4 Å². The Morgan fingerprint density at radius 1 is 0.543 bits per heavy atom. The molecule has 0 amide bonds. The molecule has 5 rings (SSSR count). The summed E-state index contributed by atoms with van der Waals surface area (Å²) in [6, 6.07) is 10.6. The highest BCUT2D eigenvalue weighted by atomic mass is 32.2. The van der Waals surface area contributed by atoms with Crippen LogP contribution < -0.4 is 0 Å². The first kappa shape index (κ1) is 33.5. The third kappa shape index (κ3) is 6.64. The van der Waals surface area contributed by atoms with E-state index in [1.807, 2.05) is 0 Å². The summed E-state index contributed by atoms with van der Waals surface area (Å²) in [6.45, 7) is 3.42. The van der Waals surface area contributed by atoms with Crippen LogP contribution in [0.15, 0.2) is 79.3 Å². The van der Waals surface area contributed by atoms with Gasteiger partial charge in [0.05, 0.1) is 9.79 Å². The van der Waals surface area contributed by atoms with Gasteiger partial charge in [0.15, 0.2) is 0 Å². The minimum absolute atomic E-state index is 0.429. The fourth-order valence-electron chi connectivity index (χ4n) is 6.00. The van der Waals surface area contributed by atoms with E-state index in [9.17, 15) is 36.0 Å². The molecular weight excluding hydrogens is 632 g/mol. The average molecular weight is 669 g/mol. The molecule has 0 unspecified atom stereocenters. The number of aryl methyl sites for hydroxylation is 2. The molecule has 3 aliphatic rings. The molecule has 0 aliphatic heterocycles. The summed E-state index contributed by atoms with van der Waals surface area (Å²) in [5.74, 6) is -6.09. The number of carbonyl (C=O) groups excluding carboxylic acids is 4. The molecule has 2 aromatic carbocycles. The third-order valence-electron chi connectivity index (χ3n) is 8.58. The summed E-state index contributed by atoms with van der Waals surface area (Å²) in [6.07, 6.45) is 5.16. The SMILES string of the molecule is Cc1ccc(S(=O)(=O)C2=C(C(=O)OC3CCCCC3)C(=O)C(S(=O)(=O)c3ccc(C)cc3)=C(C(=O)OC3CCCCC3)C2=O)cc1. The van der Waals surface area contributed by atoms with E-state index < -0.39 is 86.1 Å². The van der Waals surface area contributed by atoms with E-state index in [2.05, 4.69) is 0 Å². The van der Waals surface area contributed by atoms with Crippen molar-refractivity contribution in [1.29, 1.82) is 0 Å². The molecule has 0 heterocycles. The van der Waals surface area contributed by atoms with Crippen LogP contribution in [0.25, 0.3) is 0 Å². The molecule has 46 heavy (non-hydrogen) atoms. The van der Waals surface area contributed by atoms with Crippen LogP contribution >= 0.6 is 0 Å². The molecule has 10 nitrogen and oxygen atoms in total. The number of benzene rings is 2. The maximum absolute atomic E-state index is 14.4. The monoisotopic (exact) mass is 668 g/mol. The second kappa shape index (κ2) is 13.4. The summed E-state index contributed by atoms with van der Waals surface area (Å²) in [5.41, 5.74) is -1.09. The van der Waals surface area contributed by atoms with Gasteiger partial charge in [0.1, 0.15) is 33.2 Å². The summed E-state index contributed by atoms with van der Waals surface area (Å²) in [5, 5.41) is 0. The fraction of sp³-hybridized carbons (Fsp3) is 0.412. The second-order valence-corrected chi connectivity index (χ2v) is 15.8. The number of ketones is 2. The van der Waals surface area contributed by atoms with E-state index in [1.165, 1.54) is 48.5 Å². The number of hydrogen-bond acceptors (Lipinski definition) is 10. The number of hydrogen-bond donors (Lipinski definition) is 0. The van der Waals surface area contributed by atoms with Gasteiger partial charge >= 0.3 is 11.9 Å². The Morgan fingerprint density at radius 2 is 0.848 bits per heavy atom. The second-order valence-electron chi connectivity index (χ2n) is 12.0. The van der Waals surface area contributed by atoms with Gasteiger partial charge < -0.3 is 9.47 Å². The first-order valence-corrected chi connectivity index (χ1v) is 18.4. The van der Waals surface area contributed by atoms with Gasteiger partial charge in [0.25, 0.3) is 0 Å². The number of ether oxygens (including phenoxy) is 2. The molecule has 0 atom stereocenters. The van der Waals surface area contributed by atoms with E-state index in [1.54, 1.807) is 13.8 Å². The number of sulfone groups is 2. The van der Waals surface area contributed by atoms with Gasteiger partial charge in [-0.1, -0.05) is 48.2 Å². The Labute approximate surface area is 268 Å². The van der Waals surface area contributed by atoms with Crippen LogP contribution in [0.5, 0.6) is 0 Å². The zero-order chi connectivity index (χ0) is 33.2. The molecule has 0 aromatic heterocycles. The maximum atomic E-state index is 14.4. The minimum Gasteiger partial charge on any atom is -0.459 e. The lowest BCUT2D eigenvalue weighted by Crippen LogP contribution is -2.39. The Kier molecular flexibility index (Phi) is 9.78. The van der Waals surface area contributed by atoms with E-state index in [0.29, 0.717) is 36.8 Å². The zero-order valence-corrected chi connectivity index (χ0v) is 27.4. The molecule has 12 heteroatoms. The third-order valence-corrected chi connectivity index (χ3v) is 12.2. The van der Waals surface area contributed by atoms with Crippen LogP contribution in [0.1, 0.15) is 75.3 Å². The highest BCUT2D eigenvalue weighted by molar-refractivity contribution is 7.97. The lowest BCUT2D eigenvalue weighted by Gasteiger charge is -2.27. The summed E-state index contributed by atoms with van der Waals surface area (Å²) in [7, 11) is -9.93. The molecule has 0 bridgehead atoms. The van der Waals surface area contributed by atoms with E-state index in [0.717, 1.165) is 38.5 Å². The van der Waals surface area contributed by atoms with Crippen LogP contribution in [0.3, 0.4) is 0 Å². The number of esters is 2. The maximum Gasteiger partial charge on any atom is 0.343 e. The average Bonchev–Trinajstić information content (AvgIpc) is 3.02. The van der Waals surface area contributed by atoms with Crippen molar-refractivity contribution >= 4 is 43.2 Å². The van der Waals surface area contributed by atoms with E-state index in [-0.39, 0.29) is 0 Å². The normalized spacial score (nSPS) is 18.9. The fourth-order valence-corrected chi connectivity index (χ4v) is 9.04. The van der Waals surface area contributed by atoms with Crippen LogP contribution in [-0.2, 0) is 48.3 Å². The summed E-state index contributed by atoms with van der Waals surface area (Å²) >= 11 is 0. The molecule has 2 fully saturated rings. The summed E-state index contributed by atoms with van der Waals surface area (Å²) in [4.78, 5) is 52.8. The predicted molar refractivity (Wildman–Crippen MR) is 167 cm³/mol. The summed E-state index contributed by atoms with van der Waals surface area (Å²) < 4.78 is 67.6. The first-order valence-electron chi connectivity index (χ1n) is 15.5. The van der Waals surface area contributed by atoms with Crippen LogP contribution in [-0.4, -0.2) is 52.5 Å². The van der Waals surface area contributed by atoms with Crippen molar-refractivity contribution in [3.8, 4) is 0 Å². The predicted octanol–water partition coefficient (Wildman–Crippen LogP) is 4.96. The van der Waals surface area contributed by atoms with Crippen molar-refractivity contribution in [2.75, 3.05) is 0 Å². The lowest BCUT2D eigenvalue weighted by atomic mass is 9.94. The van der Waals surface area contributed by atoms with Crippen LogP contribution in [0.4, 0.5) is 0 Å². The smallest absolute Gasteiger partial charge is 0.343 e. The van der Waals surface area contributed by atoms with Crippen molar-refractivity contribution in [2.45, 2.75) is 100 Å². The van der Waals surface area contributed by atoms with Crippen molar-refractivity contribution in [3.63, 3.8) is 0 Å². The van der Waals surface area contributed by atoms with Gasteiger partial charge in [-0.05, 0) is 89.5 Å². The van der Waals surface area contributed by atoms with E-state index >= 15 is 0 Å². The zero-order valence-electron chi connectivity index (χ0n) is 25.7. The molecule has 0 radical (unpaired) electrons. The van der Waals surface area contributed by atoms with Crippen LogP contribution in [0, 0.1) is 13.8 Å². The van der Waals surface area contributed by atoms with Gasteiger partial charge in [-0.15, -0.1) is 0 Å². The Hall–Kier alpha value is -3.90. The lowest BCUT2D eigenvalue weighted by molar-refractivity contribution is -0.149. The largest absolute Gasteiger partial charge is 0.459 e. The van der Waals surface area contributed by atoms with Gasteiger partial charge in [-0.3, -0.25) is 9.59 Å². The Bertz CT molecular complexity index is 1700. The minimum atomic E-state index is -4.96. The van der Waals surface area contributed by atoms with Gasteiger partial charge in [0.2, 0.25) is 31.2 Å². The van der Waals surface area contributed by atoms with Crippen molar-refractivity contribution in [2.24, 2.45) is 0 Å². The first-order chi connectivity index (χ1) is 21.8. The number of rotatable bonds is 8.